The van der Waals surface area contributed by atoms with E-state index in [2.05, 4.69) is 9.71 Å². The number of aromatic nitrogens is 2. The Hall–Kier alpha value is -0.920. The van der Waals surface area contributed by atoms with Crippen LogP contribution in [0.25, 0.3) is 0 Å². The summed E-state index contributed by atoms with van der Waals surface area (Å²) in [6, 6.07) is 0. The Kier molecular flexibility index (Phi) is 4.29. The molecule has 1 aromatic heterocycles. The first-order valence-electron chi connectivity index (χ1n) is 5.61. The van der Waals surface area contributed by atoms with Gasteiger partial charge in [-0.25, -0.2) is 18.1 Å². The summed E-state index contributed by atoms with van der Waals surface area (Å²) in [6.45, 7) is 4.10. The van der Waals surface area contributed by atoms with Crippen LogP contribution in [0.5, 0.6) is 0 Å². The van der Waals surface area contributed by atoms with Gasteiger partial charge in [-0.1, -0.05) is 13.8 Å². The van der Waals surface area contributed by atoms with Crippen molar-refractivity contribution in [3.8, 4) is 0 Å². The van der Waals surface area contributed by atoms with Gasteiger partial charge in [0.2, 0.25) is 0 Å². The molecule has 0 atom stereocenters. The molecule has 17 heavy (non-hydrogen) atoms. The molecule has 0 unspecified atom stereocenters. The average molecular weight is 260 g/mol. The lowest BCUT2D eigenvalue weighted by Crippen LogP contribution is -2.52. The van der Waals surface area contributed by atoms with E-state index < -0.39 is 15.6 Å². The summed E-state index contributed by atoms with van der Waals surface area (Å²) in [6.07, 6.45) is 4.21. The normalized spacial score (nSPS) is 12.9. The fraction of sp³-hybridized carbons (Fsp3) is 0.700. The third-order valence-corrected chi connectivity index (χ3v) is 4.51. The monoisotopic (exact) mass is 260 g/mol. The van der Waals surface area contributed by atoms with Crippen LogP contribution in [-0.2, 0) is 17.1 Å². The predicted molar refractivity (Wildman–Crippen MR) is 65.9 cm³/mol. The highest BCUT2D eigenvalue weighted by Crippen LogP contribution is 2.17. The smallest absolute Gasteiger partial charge is 0.260 e. The van der Waals surface area contributed by atoms with E-state index in [4.69, 9.17) is 5.73 Å². The van der Waals surface area contributed by atoms with Crippen LogP contribution in [0.2, 0.25) is 0 Å². The van der Waals surface area contributed by atoms with Crippen LogP contribution in [0.15, 0.2) is 17.6 Å². The second kappa shape index (κ2) is 5.16. The molecule has 7 heteroatoms. The zero-order chi connectivity index (χ0) is 13.1. The lowest BCUT2D eigenvalue weighted by atomic mass is 9.95. The Labute approximate surface area is 102 Å². The molecule has 3 N–H and O–H groups in total. The number of nitrogens with two attached hydrogens (primary N) is 1. The van der Waals surface area contributed by atoms with Gasteiger partial charge in [-0.15, -0.1) is 0 Å². The van der Waals surface area contributed by atoms with Crippen molar-refractivity contribution in [1.29, 1.82) is 0 Å². The van der Waals surface area contributed by atoms with E-state index in [9.17, 15) is 8.42 Å². The average Bonchev–Trinajstić information content (AvgIpc) is 2.74. The minimum Gasteiger partial charge on any atom is -0.339 e. The van der Waals surface area contributed by atoms with Crippen molar-refractivity contribution in [3.05, 3.63) is 12.5 Å². The molecule has 0 radical (unpaired) electrons. The molecule has 0 amide bonds. The highest BCUT2D eigenvalue weighted by Gasteiger charge is 2.31. The van der Waals surface area contributed by atoms with E-state index in [-0.39, 0.29) is 11.6 Å². The minimum absolute atomic E-state index is 0.0275. The third-order valence-electron chi connectivity index (χ3n) is 3.05. The van der Waals surface area contributed by atoms with Crippen molar-refractivity contribution in [2.45, 2.75) is 37.3 Å². The Morgan fingerprint density at radius 1 is 1.47 bits per heavy atom. The number of aryl methyl sites for hydroxylation is 1. The first kappa shape index (κ1) is 14.1. The molecule has 0 bridgehead atoms. The summed E-state index contributed by atoms with van der Waals surface area (Å²) < 4.78 is 28.4. The molecule has 1 aromatic rings. The maximum atomic E-state index is 12.1. The molecule has 1 heterocycles. The molecule has 0 spiro atoms. The molecular weight excluding hydrogens is 240 g/mol. The summed E-state index contributed by atoms with van der Waals surface area (Å²) in [5.74, 6) is 0. The number of hydrogen-bond donors (Lipinski definition) is 2. The van der Waals surface area contributed by atoms with Crippen molar-refractivity contribution in [1.82, 2.24) is 14.3 Å². The SMILES string of the molecule is CCC(CC)(CN)NS(=O)(=O)c1cn(C)cn1. The molecule has 1 rings (SSSR count). The van der Waals surface area contributed by atoms with E-state index in [1.54, 1.807) is 11.6 Å². The van der Waals surface area contributed by atoms with E-state index in [0.717, 1.165) is 0 Å². The summed E-state index contributed by atoms with van der Waals surface area (Å²) in [7, 11) is -1.87. The van der Waals surface area contributed by atoms with Gasteiger partial charge in [0, 0.05) is 25.3 Å². The van der Waals surface area contributed by atoms with Crippen LogP contribution in [0.3, 0.4) is 0 Å². The molecule has 6 nitrogen and oxygen atoms in total. The van der Waals surface area contributed by atoms with Crippen molar-refractivity contribution in [3.63, 3.8) is 0 Å². The molecule has 0 fully saturated rings. The minimum atomic E-state index is -3.60. The molecule has 0 aliphatic rings. The first-order valence-corrected chi connectivity index (χ1v) is 7.09. The van der Waals surface area contributed by atoms with E-state index in [1.807, 2.05) is 13.8 Å². The highest BCUT2D eigenvalue weighted by atomic mass is 32.2. The molecule has 98 valence electrons. The number of hydrogen-bond acceptors (Lipinski definition) is 4. The maximum absolute atomic E-state index is 12.1. The standard InChI is InChI=1S/C10H20N4O2S/c1-4-10(5-2,7-11)13-17(15,16)9-6-14(3)8-12-9/h6,8,13H,4-5,7,11H2,1-3H3. The zero-order valence-electron chi connectivity index (χ0n) is 10.5. The van der Waals surface area contributed by atoms with Crippen molar-refractivity contribution in [2.24, 2.45) is 12.8 Å². The van der Waals surface area contributed by atoms with Gasteiger partial charge in [0.05, 0.1) is 6.33 Å². The van der Waals surface area contributed by atoms with E-state index in [0.29, 0.717) is 12.8 Å². The van der Waals surface area contributed by atoms with Crippen molar-refractivity contribution >= 4 is 10.0 Å². The van der Waals surface area contributed by atoms with Crippen molar-refractivity contribution < 1.29 is 8.42 Å². The van der Waals surface area contributed by atoms with Crippen LogP contribution in [0, 0.1) is 0 Å². The molecule has 0 saturated heterocycles. The van der Waals surface area contributed by atoms with E-state index >= 15 is 0 Å². The Morgan fingerprint density at radius 2 is 2.06 bits per heavy atom. The van der Waals surface area contributed by atoms with Gasteiger partial charge in [-0.2, -0.15) is 0 Å². The fourth-order valence-corrected chi connectivity index (χ4v) is 3.13. The zero-order valence-corrected chi connectivity index (χ0v) is 11.3. The summed E-state index contributed by atoms with van der Waals surface area (Å²) in [4.78, 5) is 3.85. The number of nitrogens with one attached hydrogen (secondary N) is 1. The van der Waals surface area contributed by atoms with Gasteiger partial charge < -0.3 is 10.3 Å². The molecule has 0 aliphatic carbocycles. The van der Waals surface area contributed by atoms with Gasteiger partial charge in [-0.3, -0.25) is 0 Å². The second-order valence-corrected chi connectivity index (χ2v) is 5.80. The maximum Gasteiger partial charge on any atom is 0.260 e. The first-order chi connectivity index (χ1) is 7.89. The van der Waals surface area contributed by atoms with Gasteiger partial charge in [-0.05, 0) is 12.8 Å². The predicted octanol–water partition coefficient (Wildman–Crippen LogP) is 0.216. The number of sulfonamides is 1. The van der Waals surface area contributed by atoms with Gasteiger partial charge in [0.25, 0.3) is 10.0 Å². The van der Waals surface area contributed by atoms with Crippen LogP contribution in [0.4, 0.5) is 0 Å². The second-order valence-electron chi connectivity index (χ2n) is 4.17. The Bertz CT molecular complexity index is 454. The Balaban J connectivity index is 3.00. The molecule has 0 saturated carbocycles. The number of nitrogens with zero attached hydrogens (tertiary/aromatic N) is 2. The molecular formula is C10H20N4O2S. The quantitative estimate of drug-likeness (QED) is 0.765. The topological polar surface area (TPSA) is 90.0 Å². The lowest BCUT2D eigenvalue weighted by molar-refractivity contribution is 0.362. The summed E-state index contributed by atoms with van der Waals surface area (Å²) in [5, 5.41) is 0.0275. The van der Waals surface area contributed by atoms with Gasteiger partial charge in [0.1, 0.15) is 0 Å². The van der Waals surface area contributed by atoms with Gasteiger partial charge in [0.15, 0.2) is 5.03 Å². The number of rotatable bonds is 6. The van der Waals surface area contributed by atoms with Crippen molar-refractivity contribution in [2.75, 3.05) is 6.54 Å². The fourth-order valence-electron chi connectivity index (χ4n) is 1.59. The molecule has 0 aliphatic heterocycles. The molecule has 0 aromatic carbocycles. The summed E-state index contributed by atoms with van der Waals surface area (Å²) in [5.41, 5.74) is 5.08. The lowest BCUT2D eigenvalue weighted by Gasteiger charge is -2.30. The van der Waals surface area contributed by atoms with Crippen LogP contribution in [0.1, 0.15) is 26.7 Å². The van der Waals surface area contributed by atoms with Crippen LogP contribution >= 0.6 is 0 Å². The third kappa shape index (κ3) is 3.05. The van der Waals surface area contributed by atoms with E-state index in [1.165, 1.54) is 12.5 Å². The highest BCUT2D eigenvalue weighted by molar-refractivity contribution is 7.89. The summed E-state index contributed by atoms with van der Waals surface area (Å²) >= 11 is 0. The Morgan fingerprint density at radius 3 is 2.41 bits per heavy atom. The van der Waals surface area contributed by atoms with Crippen LogP contribution < -0.4 is 10.5 Å². The van der Waals surface area contributed by atoms with Crippen LogP contribution in [-0.4, -0.2) is 30.1 Å². The largest absolute Gasteiger partial charge is 0.339 e. The van der Waals surface area contributed by atoms with Gasteiger partial charge >= 0.3 is 0 Å². The number of imidazole rings is 1.